The Morgan fingerprint density at radius 3 is 2.55 bits per heavy atom. The molecule has 6 nitrogen and oxygen atoms in total. The van der Waals surface area contributed by atoms with Crippen LogP contribution in [0.2, 0.25) is 0 Å². The Morgan fingerprint density at radius 2 is 1.77 bits per heavy atom. The molecule has 0 bridgehead atoms. The molecule has 0 aromatic heterocycles. The van der Waals surface area contributed by atoms with Crippen LogP contribution in [0.15, 0.2) is 60.7 Å². The minimum Gasteiger partial charge on any atom is -0.493 e. The summed E-state index contributed by atoms with van der Waals surface area (Å²) in [6.07, 6.45) is 1.89. The molecule has 212 valence electrons. The van der Waals surface area contributed by atoms with Gasteiger partial charge in [0.1, 0.15) is 23.5 Å². The quantitative estimate of drug-likeness (QED) is 0.228. The highest BCUT2D eigenvalue weighted by Crippen LogP contribution is 2.26. The maximum atomic E-state index is 13.7. The van der Waals surface area contributed by atoms with Gasteiger partial charge < -0.3 is 20.5 Å². The van der Waals surface area contributed by atoms with Crippen molar-refractivity contribution in [1.82, 2.24) is 5.32 Å². The van der Waals surface area contributed by atoms with Gasteiger partial charge in [-0.3, -0.25) is 9.59 Å². The van der Waals surface area contributed by atoms with Crippen LogP contribution in [0.5, 0.6) is 5.75 Å². The number of Topliss-reactive ketones (excluding diaryl/α,β-unsaturated/α-hetero) is 1. The van der Waals surface area contributed by atoms with E-state index in [0.29, 0.717) is 24.3 Å². The van der Waals surface area contributed by atoms with Crippen molar-refractivity contribution in [3.63, 3.8) is 0 Å². The van der Waals surface area contributed by atoms with Crippen LogP contribution < -0.4 is 15.8 Å². The summed E-state index contributed by atoms with van der Waals surface area (Å²) < 4.78 is 38.8. The first-order valence-electron chi connectivity index (χ1n) is 13.8. The number of hydrogen-bond acceptors (Lipinski definition) is 6. The van der Waals surface area contributed by atoms with Crippen molar-refractivity contribution in [3.8, 4) is 5.75 Å². The standard InChI is InChI=1S/C32H36F2N2O4/c1-2-21-5-3-6-22(13-21)19-36-20-31(28(35)16-23-14-26(33)18-27(34)15-23)40-32(38)11-9-29(37)24-8-10-30-25(17-24)7-4-12-39-30/h3,5-6,8,10,13-15,17-18,28,31,36H,2,4,7,9,11-12,16,19-20,35H2,1H3/t28-,31+/m0/s1. The van der Waals surface area contributed by atoms with Gasteiger partial charge >= 0.3 is 5.97 Å². The second-order valence-electron chi connectivity index (χ2n) is 10.2. The maximum absolute atomic E-state index is 13.7. The molecule has 4 rings (SSSR count). The summed E-state index contributed by atoms with van der Waals surface area (Å²) in [5.41, 5.74) is 10.6. The van der Waals surface area contributed by atoms with E-state index in [9.17, 15) is 18.4 Å². The van der Waals surface area contributed by atoms with Gasteiger partial charge in [-0.15, -0.1) is 0 Å². The molecule has 0 amide bonds. The predicted octanol–water partition coefficient (Wildman–Crippen LogP) is 5.09. The normalized spacial score (nSPS) is 14.1. The molecule has 1 heterocycles. The van der Waals surface area contributed by atoms with Gasteiger partial charge in [-0.1, -0.05) is 31.2 Å². The molecule has 3 N–H and O–H groups in total. The molecule has 0 unspecified atom stereocenters. The lowest BCUT2D eigenvalue weighted by Crippen LogP contribution is -2.46. The molecule has 8 heteroatoms. The number of ether oxygens (including phenoxy) is 2. The summed E-state index contributed by atoms with van der Waals surface area (Å²) >= 11 is 0. The van der Waals surface area contributed by atoms with Crippen molar-refractivity contribution in [2.45, 2.75) is 64.1 Å². The van der Waals surface area contributed by atoms with Crippen molar-refractivity contribution in [2.75, 3.05) is 13.2 Å². The molecule has 0 radical (unpaired) electrons. The summed E-state index contributed by atoms with van der Waals surface area (Å²) in [6.45, 7) is 3.52. The number of nitrogens with two attached hydrogens (primary N) is 1. The van der Waals surface area contributed by atoms with E-state index in [1.807, 2.05) is 18.2 Å². The number of ketones is 1. The first-order valence-corrected chi connectivity index (χ1v) is 13.8. The zero-order valence-corrected chi connectivity index (χ0v) is 22.8. The number of fused-ring (bicyclic) bond motifs is 1. The maximum Gasteiger partial charge on any atom is 0.306 e. The summed E-state index contributed by atoms with van der Waals surface area (Å²) in [5, 5.41) is 3.28. The van der Waals surface area contributed by atoms with Crippen LogP contribution >= 0.6 is 0 Å². The number of carbonyl (C=O) groups is 2. The van der Waals surface area contributed by atoms with Crippen LogP contribution in [0.1, 0.15) is 58.8 Å². The van der Waals surface area contributed by atoms with Crippen molar-refractivity contribution < 1.29 is 27.8 Å². The molecular formula is C32H36F2N2O4. The number of hydrogen-bond donors (Lipinski definition) is 2. The van der Waals surface area contributed by atoms with Gasteiger partial charge in [-0.05, 0) is 78.3 Å². The fraction of sp³-hybridized carbons (Fsp3) is 0.375. The molecule has 40 heavy (non-hydrogen) atoms. The number of halogens is 2. The van der Waals surface area contributed by atoms with Crippen LogP contribution in [-0.4, -0.2) is 37.0 Å². The fourth-order valence-corrected chi connectivity index (χ4v) is 4.85. The molecule has 0 fully saturated rings. The number of rotatable bonds is 13. The average Bonchev–Trinajstić information content (AvgIpc) is 2.94. The zero-order chi connectivity index (χ0) is 28.5. The molecule has 0 aliphatic carbocycles. The minimum absolute atomic E-state index is 0.00716. The van der Waals surface area contributed by atoms with Crippen LogP contribution in [-0.2, 0) is 35.3 Å². The SMILES string of the molecule is CCc1cccc(CNC[C@@H](OC(=O)CCC(=O)c2ccc3c(c2)CCCO3)[C@@H](N)Cc2cc(F)cc(F)c2)c1. The smallest absolute Gasteiger partial charge is 0.306 e. The van der Waals surface area contributed by atoms with Gasteiger partial charge in [0.05, 0.1) is 13.0 Å². The molecule has 0 spiro atoms. The van der Waals surface area contributed by atoms with E-state index in [2.05, 4.69) is 24.4 Å². The lowest BCUT2D eigenvalue weighted by Gasteiger charge is -2.25. The van der Waals surface area contributed by atoms with Gasteiger partial charge in [0, 0.05) is 37.2 Å². The van der Waals surface area contributed by atoms with E-state index in [1.165, 1.54) is 17.7 Å². The Bertz CT molecular complexity index is 1310. The first-order chi connectivity index (χ1) is 19.3. The highest BCUT2D eigenvalue weighted by Gasteiger charge is 2.24. The number of nitrogens with one attached hydrogen (secondary N) is 1. The van der Waals surface area contributed by atoms with E-state index in [1.54, 1.807) is 12.1 Å². The molecule has 3 aromatic carbocycles. The predicted molar refractivity (Wildman–Crippen MR) is 149 cm³/mol. The van der Waals surface area contributed by atoms with E-state index in [-0.39, 0.29) is 31.6 Å². The first kappa shape index (κ1) is 29.4. The van der Waals surface area contributed by atoms with Gasteiger partial charge in [0.2, 0.25) is 0 Å². The minimum atomic E-state index is -0.774. The third-order valence-electron chi connectivity index (χ3n) is 7.02. The fourth-order valence-electron chi connectivity index (χ4n) is 4.85. The van der Waals surface area contributed by atoms with Gasteiger partial charge in [0.15, 0.2) is 5.78 Å². The van der Waals surface area contributed by atoms with Crippen LogP contribution in [0.3, 0.4) is 0 Å². The Balaban J connectivity index is 1.37. The summed E-state index contributed by atoms with van der Waals surface area (Å²) in [4.78, 5) is 25.6. The molecule has 0 saturated heterocycles. The van der Waals surface area contributed by atoms with Crippen molar-refractivity contribution >= 4 is 11.8 Å². The third-order valence-corrected chi connectivity index (χ3v) is 7.02. The highest BCUT2D eigenvalue weighted by atomic mass is 19.1. The molecule has 1 aliphatic heterocycles. The van der Waals surface area contributed by atoms with Crippen molar-refractivity contribution in [2.24, 2.45) is 5.73 Å². The van der Waals surface area contributed by atoms with Crippen LogP contribution in [0.4, 0.5) is 8.78 Å². The van der Waals surface area contributed by atoms with Gasteiger partial charge in [-0.25, -0.2) is 8.78 Å². The Hall–Kier alpha value is -3.62. The molecule has 3 aromatic rings. The van der Waals surface area contributed by atoms with Crippen LogP contribution in [0, 0.1) is 11.6 Å². The van der Waals surface area contributed by atoms with Gasteiger partial charge in [0.25, 0.3) is 0 Å². The highest BCUT2D eigenvalue weighted by molar-refractivity contribution is 5.97. The van der Waals surface area contributed by atoms with E-state index < -0.39 is 29.7 Å². The second kappa shape index (κ2) is 14.1. The Morgan fingerprint density at radius 1 is 1.00 bits per heavy atom. The summed E-state index contributed by atoms with van der Waals surface area (Å²) in [5.74, 6) is -1.31. The monoisotopic (exact) mass is 550 g/mol. The number of benzene rings is 3. The Kier molecular flexibility index (Phi) is 10.4. The molecule has 2 atom stereocenters. The van der Waals surface area contributed by atoms with E-state index in [4.69, 9.17) is 15.2 Å². The lowest BCUT2D eigenvalue weighted by molar-refractivity contribution is -0.149. The summed E-state index contributed by atoms with van der Waals surface area (Å²) in [7, 11) is 0. The molecular weight excluding hydrogens is 514 g/mol. The number of carbonyl (C=O) groups excluding carboxylic acids is 2. The van der Waals surface area contributed by atoms with Crippen LogP contribution in [0.25, 0.3) is 0 Å². The third kappa shape index (κ3) is 8.44. The average molecular weight is 551 g/mol. The molecule has 1 aliphatic rings. The second-order valence-corrected chi connectivity index (χ2v) is 10.2. The number of aryl methyl sites for hydroxylation is 2. The number of esters is 1. The van der Waals surface area contributed by atoms with E-state index in [0.717, 1.165) is 42.2 Å². The topological polar surface area (TPSA) is 90.6 Å². The van der Waals surface area contributed by atoms with E-state index >= 15 is 0 Å². The molecule has 0 saturated carbocycles. The zero-order valence-electron chi connectivity index (χ0n) is 22.8. The van der Waals surface area contributed by atoms with Gasteiger partial charge in [-0.2, -0.15) is 0 Å². The summed E-state index contributed by atoms with van der Waals surface area (Å²) in [6, 6.07) is 16.0. The van der Waals surface area contributed by atoms with Crippen molar-refractivity contribution in [3.05, 3.63) is 100 Å². The van der Waals surface area contributed by atoms with Crippen molar-refractivity contribution in [1.29, 1.82) is 0 Å². The largest absolute Gasteiger partial charge is 0.493 e. The Labute approximate surface area is 233 Å². The lowest BCUT2D eigenvalue weighted by atomic mass is 9.99.